The zero-order valence-electron chi connectivity index (χ0n) is 16.3. The Morgan fingerprint density at radius 1 is 1.12 bits per heavy atom. The number of thiazole rings is 1. The maximum absolute atomic E-state index is 14.1. The summed E-state index contributed by atoms with van der Waals surface area (Å²) in [7, 11) is 1.59. The third kappa shape index (κ3) is 4.44. The highest BCUT2D eigenvalue weighted by atomic mass is 32.1. The van der Waals surface area contributed by atoms with E-state index in [1.165, 1.54) is 35.2 Å². The van der Waals surface area contributed by atoms with Crippen molar-refractivity contribution in [2.24, 2.45) is 0 Å². The molecule has 162 valence electrons. The number of rotatable bonds is 5. The first-order valence-corrected chi connectivity index (χ1v) is 9.81. The molecule has 0 radical (unpaired) electrons. The molecular weight excluding hydrogens is 444 g/mol. The van der Waals surface area contributed by atoms with E-state index in [-0.39, 0.29) is 22.3 Å². The summed E-state index contributed by atoms with van der Waals surface area (Å²) >= 11 is 1.07. The Morgan fingerprint density at radius 2 is 1.88 bits per heavy atom. The van der Waals surface area contributed by atoms with Crippen molar-refractivity contribution in [2.75, 3.05) is 17.3 Å². The van der Waals surface area contributed by atoms with Gasteiger partial charge in [-0.15, -0.1) is 0 Å². The Bertz CT molecular complexity index is 1330. The van der Waals surface area contributed by atoms with Gasteiger partial charge in [-0.05, 0) is 36.4 Å². The van der Waals surface area contributed by atoms with Crippen LogP contribution in [0, 0.1) is 21.7 Å². The van der Waals surface area contributed by atoms with Gasteiger partial charge in [0.2, 0.25) is 0 Å². The Kier molecular flexibility index (Phi) is 5.60. The van der Waals surface area contributed by atoms with E-state index in [0.717, 1.165) is 23.5 Å². The molecule has 1 amide bonds. The van der Waals surface area contributed by atoms with Gasteiger partial charge in [-0.2, -0.15) is 0 Å². The molecule has 0 spiro atoms. The number of pyridine rings is 1. The lowest BCUT2D eigenvalue weighted by Crippen LogP contribution is -2.16. The smallest absolute Gasteiger partial charge is 0.410 e. The summed E-state index contributed by atoms with van der Waals surface area (Å²) in [5, 5.41) is 13.4. The van der Waals surface area contributed by atoms with Gasteiger partial charge in [-0.25, -0.2) is 23.5 Å². The van der Waals surface area contributed by atoms with Crippen LogP contribution in [0.4, 0.5) is 35.9 Å². The number of amides is 1. The fourth-order valence-corrected chi connectivity index (χ4v) is 3.60. The van der Waals surface area contributed by atoms with Gasteiger partial charge >= 0.3 is 6.09 Å². The summed E-state index contributed by atoms with van der Waals surface area (Å²) in [5.41, 5.74) is 0.515. The number of aromatic nitrogens is 2. The van der Waals surface area contributed by atoms with Gasteiger partial charge in [0.05, 0.1) is 10.6 Å². The molecule has 4 aromatic rings. The van der Waals surface area contributed by atoms with Crippen molar-refractivity contribution in [1.82, 2.24) is 9.97 Å². The van der Waals surface area contributed by atoms with Crippen LogP contribution in [-0.4, -0.2) is 28.0 Å². The number of non-ortho nitro benzene ring substituents is 1. The van der Waals surface area contributed by atoms with Gasteiger partial charge in [0.25, 0.3) is 5.69 Å². The number of halogens is 2. The largest absolute Gasteiger partial charge is 0.418 e. The molecule has 0 aliphatic rings. The number of hydrogen-bond donors (Lipinski definition) is 1. The summed E-state index contributed by atoms with van der Waals surface area (Å²) < 4.78 is 32.3. The van der Waals surface area contributed by atoms with E-state index in [1.807, 2.05) is 0 Å². The molecule has 0 saturated heterocycles. The number of carbonyl (C=O) groups is 1. The molecule has 0 aliphatic carbocycles. The lowest BCUT2D eigenvalue weighted by molar-refractivity contribution is -0.384. The topological polar surface area (TPSA) is 110 Å². The molecule has 0 bridgehead atoms. The predicted molar refractivity (Wildman–Crippen MR) is 115 cm³/mol. The number of hydrogen-bond acceptors (Lipinski definition) is 8. The average Bonchev–Trinajstić information content (AvgIpc) is 3.14. The average molecular weight is 457 g/mol. The first-order valence-electron chi connectivity index (χ1n) is 9.00. The first-order chi connectivity index (χ1) is 15.3. The predicted octanol–water partition coefficient (Wildman–Crippen LogP) is 5.26. The summed E-state index contributed by atoms with van der Waals surface area (Å²) in [5.74, 6) is -0.888. The molecule has 1 N–H and O–H groups in total. The van der Waals surface area contributed by atoms with Crippen molar-refractivity contribution in [3.8, 4) is 5.75 Å². The van der Waals surface area contributed by atoms with Gasteiger partial charge in [-0.1, -0.05) is 11.3 Å². The normalized spacial score (nSPS) is 10.7. The maximum Gasteiger partial charge on any atom is 0.418 e. The highest BCUT2D eigenvalue weighted by Crippen LogP contribution is 2.30. The van der Waals surface area contributed by atoms with Gasteiger partial charge in [0.1, 0.15) is 33.5 Å². The first kappa shape index (κ1) is 21.1. The molecule has 2 heterocycles. The zero-order chi connectivity index (χ0) is 22.8. The third-order valence-corrected chi connectivity index (χ3v) is 5.20. The van der Waals surface area contributed by atoms with E-state index < -0.39 is 22.7 Å². The van der Waals surface area contributed by atoms with Crippen LogP contribution in [0.3, 0.4) is 0 Å². The highest BCUT2D eigenvalue weighted by Gasteiger charge is 2.15. The second kappa shape index (κ2) is 8.51. The molecule has 0 fully saturated rings. The molecule has 0 saturated carbocycles. The Balaban J connectivity index is 1.48. The molecule has 2 aromatic heterocycles. The minimum absolute atomic E-state index is 0.123. The number of nitro benzene ring substituents is 1. The van der Waals surface area contributed by atoms with Gasteiger partial charge < -0.3 is 9.64 Å². The molecule has 12 heteroatoms. The van der Waals surface area contributed by atoms with E-state index in [9.17, 15) is 23.7 Å². The van der Waals surface area contributed by atoms with Crippen LogP contribution in [-0.2, 0) is 0 Å². The number of carbonyl (C=O) groups excluding carboxylic acids is 1. The quantitative estimate of drug-likeness (QED) is 0.322. The minimum atomic E-state index is -0.830. The van der Waals surface area contributed by atoms with Crippen molar-refractivity contribution in [3.05, 3.63) is 76.3 Å². The Hall–Kier alpha value is -4.19. The van der Waals surface area contributed by atoms with E-state index in [0.29, 0.717) is 16.2 Å². The molecule has 0 atom stereocenters. The number of fused-ring (bicyclic) bond motifs is 1. The van der Waals surface area contributed by atoms with Crippen molar-refractivity contribution < 1.29 is 23.2 Å². The van der Waals surface area contributed by atoms with E-state index in [1.54, 1.807) is 19.2 Å². The zero-order valence-corrected chi connectivity index (χ0v) is 17.1. The molecule has 0 unspecified atom stereocenters. The molecule has 32 heavy (non-hydrogen) atoms. The third-order valence-electron chi connectivity index (χ3n) is 4.32. The lowest BCUT2D eigenvalue weighted by atomic mass is 10.2. The Morgan fingerprint density at radius 3 is 2.56 bits per heavy atom. The maximum atomic E-state index is 14.1. The van der Waals surface area contributed by atoms with Crippen molar-refractivity contribution >= 4 is 50.1 Å². The highest BCUT2D eigenvalue weighted by molar-refractivity contribution is 7.21. The van der Waals surface area contributed by atoms with Crippen LogP contribution in [0.5, 0.6) is 5.75 Å². The second-order valence-corrected chi connectivity index (χ2v) is 7.41. The number of nitrogens with zero attached hydrogens (tertiary/aromatic N) is 4. The standard InChI is InChI=1S/C20H13F2N5O4S/c1-26(16-8-2-11(21)10-14(16)22)17-9-7-15-18(24-17)32-19(23-15)25-20(28)31-13-5-3-12(4-6-13)27(29)30/h2-10H,1H3,(H,23,25,28). The van der Waals surface area contributed by atoms with E-state index in [4.69, 9.17) is 4.74 Å². The number of benzene rings is 2. The van der Waals surface area contributed by atoms with Crippen LogP contribution in [0.2, 0.25) is 0 Å². The number of ether oxygens (including phenoxy) is 1. The van der Waals surface area contributed by atoms with Gasteiger partial charge in [-0.3, -0.25) is 15.4 Å². The van der Waals surface area contributed by atoms with Crippen LogP contribution in [0.1, 0.15) is 0 Å². The number of nitrogens with one attached hydrogen (secondary N) is 1. The van der Waals surface area contributed by atoms with Crippen molar-refractivity contribution in [3.63, 3.8) is 0 Å². The SMILES string of the molecule is CN(c1ccc2nc(NC(=O)Oc3ccc([N+](=O)[O-])cc3)sc2n1)c1ccc(F)cc1F. The number of anilines is 3. The van der Waals surface area contributed by atoms with Crippen LogP contribution in [0.25, 0.3) is 10.3 Å². The molecule has 0 aliphatic heterocycles. The monoisotopic (exact) mass is 457 g/mol. The van der Waals surface area contributed by atoms with Gasteiger partial charge in [0, 0.05) is 25.2 Å². The van der Waals surface area contributed by atoms with Crippen LogP contribution >= 0.6 is 11.3 Å². The van der Waals surface area contributed by atoms with Crippen molar-refractivity contribution in [2.45, 2.75) is 0 Å². The second-order valence-electron chi connectivity index (χ2n) is 6.43. The molecule has 2 aromatic carbocycles. The lowest BCUT2D eigenvalue weighted by Gasteiger charge is -2.18. The minimum Gasteiger partial charge on any atom is -0.410 e. The van der Waals surface area contributed by atoms with Crippen molar-refractivity contribution in [1.29, 1.82) is 0 Å². The van der Waals surface area contributed by atoms with E-state index >= 15 is 0 Å². The van der Waals surface area contributed by atoms with E-state index in [2.05, 4.69) is 15.3 Å². The summed E-state index contributed by atoms with van der Waals surface area (Å²) in [6, 6.07) is 11.5. The summed E-state index contributed by atoms with van der Waals surface area (Å²) in [4.78, 5) is 32.8. The van der Waals surface area contributed by atoms with Crippen LogP contribution < -0.4 is 15.0 Å². The fourth-order valence-electron chi connectivity index (χ4n) is 2.78. The summed E-state index contributed by atoms with van der Waals surface area (Å²) in [6.45, 7) is 0. The van der Waals surface area contributed by atoms with Crippen LogP contribution in [0.15, 0.2) is 54.6 Å². The molecule has 4 rings (SSSR count). The fraction of sp³-hybridized carbons (Fsp3) is 0.0500. The van der Waals surface area contributed by atoms with Gasteiger partial charge in [0.15, 0.2) is 5.13 Å². The Labute approximate surface area is 183 Å². The molecule has 9 nitrogen and oxygen atoms in total. The molecular formula is C20H13F2N5O4S. The summed E-state index contributed by atoms with van der Waals surface area (Å²) in [6.07, 6.45) is -0.830. The number of nitro groups is 1.